The van der Waals surface area contributed by atoms with Gasteiger partial charge in [0.15, 0.2) is 0 Å². The molecule has 1 heterocycles. The second-order valence-electron chi connectivity index (χ2n) is 6.46. The summed E-state index contributed by atoms with van der Waals surface area (Å²) in [4.78, 5) is 34.6. The number of hydrogen-bond donors (Lipinski definition) is 1. The maximum atomic E-state index is 13.7. The van der Waals surface area contributed by atoms with E-state index < -0.39 is 27.1 Å². The Morgan fingerprint density at radius 1 is 1.14 bits per heavy atom. The van der Waals surface area contributed by atoms with Gasteiger partial charge in [-0.25, -0.2) is 4.39 Å². The van der Waals surface area contributed by atoms with Crippen LogP contribution in [0.2, 0.25) is 0 Å². The van der Waals surface area contributed by atoms with Gasteiger partial charge in [0.1, 0.15) is 5.82 Å². The number of nitrogens with one attached hydrogen (secondary N) is 1. The Balaban J connectivity index is 0.00000300. The van der Waals surface area contributed by atoms with Gasteiger partial charge in [-0.2, -0.15) is 0 Å². The van der Waals surface area contributed by atoms with Crippen molar-refractivity contribution in [3.05, 3.63) is 79.6 Å². The monoisotopic (exact) mass is 424 g/mol. The van der Waals surface area contributed by atoms with E-state index in [1.807, 2.05) is 0 Å². The van der Waals surface area contributed by atoms with Gasteiger partial charge in [-0.15, -0.1) is 12.4 Å². The summed E-state index contributed by atoms with van der Waals surface area (Å²) in [7, 11) is 0. The number of amides is 1. The topological polar surface area (TPSA) is 119 Å². The smallest absolute Gasteiger partial charge is 0.277 e. The average Bonchev–Trinajstić information content (AvgIpc) is 3.15. The Morgan fingerprint density at radius 2 is 1.76 bits per heavy atom. The molecular weight excluding hydrogens is 407 g/mol. The third-order valence-electron chi connectivity index (χ3n) is 4.59. The lowest BCUT2D eigenvalue weighted by Crippen LogP contribution is -2.35. The first-order chi connectivity index (χ1) is 13.3. The van der Waals surface area contributed by atoms with Gasteiger partial charge in [-0.3, -0.25) is 25.0 Å². The number of nitro groups is 2. The number of carbonyl (C=O) groups is 1. The van der Waals surface area contributed by atoms with Crippen molar-refractivity contribution in [2.24, 2.45) is 0 Å². The molecule has 0 radical (unpaired) electrons. The fraction of sp³-hybridized carbons (Fsp3) is 0.278. The number of rotatable bonds is 6. The van der Waals surface area contributed by atoms with Gasteiger partial charge in [-0.1, -0.05) is 18.2 Å². The van der Waals surface area contributed by atoms with E-state index >= 15 is 0 Å². The van der Waals surface area contributed by atoms with E-state index in [4.69, 9.17) is 0 Å². The minimum Gasteiger partial charge on any atom is -0.337 e. The molecule has 1 unspecified atom stereocenters. The summed E-state index contributed by atoms with van der Waals surface area (Å²) in [6, 6.07) is 9.20. The van der Waals surface area contributed by atoms with E-state index in [2.05, 4.69) is 5.32 Å². The fourth-order valence-corrected chi connectivity index (χ4v) is 3.12. The van der Waals surface area contributed by atoms with Crippen LogP contribution in [0.3, 0.4) is 0 Å². The standard InChI is InChI=1S/C18H17FN4O5.ClH/c19-17-4-2-1-3-12(17)10-20-14-5-6-21(11-14)18(24)13-7-15(22(25)26)9-16(8-13)23(27)28;/h1-4,7-9,14,20H,5-6,10-11H2;1H. The molecule has 11 heteroatoms. The van der Waals surface area contributed by atoms with Gasteiger partial charge >= 0.3 is 0 Å². The lowest BCUT2D eigenvalue weighted by Gasteiger charge is -2.17. The zero-order valence-electron chi connectivity index (χ0n) is 15.1. The second kappa shape index (κ2) is 9.39. The molecule has 1 amide bonds. The number of non-ortho nitro benzene ring substituents is 2. The molecule has 3 rings (SSSR count). The van der Waals surface area contributed by atoms with Crippen LogP contribution in [0, 0.1) is 26.0 Å². The molecule has 1 fully saturated rings. The Morgan fingerprint density at radius 3 is 2.34 bits per heavy atom. The SMILES string of the molecule is Cl.O=C(c1cc([N+](=O)[O-])cc([N+](=O)[O-])c1)N1CCC(NCc2ccccc2F)C1. The Kier molecular flexibility index (Phi) is 7.18. The van der Waals surface area contributed by atoms with E-state index in [1.54, 1.807) is 18.2 Å². The molecule has 1 aliphatic rings. The van der Waals surface area contributed by atoms with Crippen LogP contribution in [-0.2, 0) is 6.54 Å². The number of nitrogens with zero attached hydrogens (tertiary/aromatic N) is 3. The molecule has 0 bridgehead atoms. The highest BCUT2D eigenvalue weighted by atomic mass is 35.5. The number of benzene rings is 2. The molecule has 0 saturated carbocycles. The first kappa shape index (κ1) is 22.2. The minimum atomic E-state index is -0.771. The molecule has 29 heavy (non-hydrogen) atoms. The van der Waals surface area contributed by atoms with Crippen LogP contribution >= 0.6 is 12.4 Å². The number of halogens is 2. The third kappa shape index (κ3) is 5.24. The Bertz CT molecular complexity index is 910. The number of hydrogen-bond acceptors (Lipinski definition) is 6. The summed E-state index contributed by atoms with van der Waals surface area (Å²) in [6.07, 6.45) is 0.622. The van der Waals surface area contributed by atoms with Gasteiger partial charge in [0.05, 0.1) is 21.5 Å². The van der Waals surface area contributed by atoms with Gasteiger partial charge in [0, 0.05) is 43.4 Å². The Labute approximate surface area is 171 Å². The van der Waals surface area contributed by atoms with Crippen LogP contribution in [0.25, 0.3) is 0 Å². The van der Waals surface area contributed by atoms with Crippen molar-refractivity contribution in [1.82, 2.24) is 10.2 Å². The van der Waals surface area contributed by atoms with Crippen LogP contribution in [0.15, 0.2) is 42.5 Å². The molecule has 0 aromatic heterocycles. The second-order valence-corrected chi connectivity index (χ2v) is 6.46. The van der Waals surface area contributed by atoms with Crippen molar-refractivity contribution in [3.63, 3.8) is 0 Å². The van der Waals surface area contributed by atoms with Crippen molar-refractivity contribution in [3.8, 4) is 0 Å². The van der Waals surface area contributed by atoms with Crippen LogP contribution < -0.4 is 5.32 Å². The largest absolute Gasteiger partial charge is 0.337 e. The summed E-state index contributed by atoms with van der Waals surface area (Å²) >= 11 is 0. The predicted molar refractivity (Wildman–Crippen MR) is 105 cm³/mol. The molecule has 1 saturated heterocycles. The molecular formula is C18H18ClFN4O5. The van der Waals surface area contributed by atoms with Gasteiger partial charge < -0.3 is 10.2 Å². The summed E-state index contributed by atoms with van der Waals surface area (Å²) in [5.41, 5.74) is -0.603. The first-order valence-corrected chi connectivity index (χ1v) is 8.55. The average molecular weight is 425 g/mol. The molecule has 2 aromatic carbocycles. The van der Waals surface area contributed by atoms with Crippen LogP contribution in [0.4, 0.5) is 15.8 Å². The number of nitro benzene ring substituents is 2. The van der Waals surface area contributed by atoms with Gasteiger partial charge in [0.25, 0.3) is 17.3 Å². The molecule has 0 aliphatic carbocycles. The van der Waals surface area contributed by atoms with Crippen molar-refractivity contribution in [2.75, 3.05) is 13.1 Å². The normalized spacial score (nSPS) is 15.6. The van der Waals surface area contributed by atoms with Crippen molar-refractivity contribution >= 4 is 29.7 Å². The van der Waals surface area contributed by atoms with E-state index in [-0.39, 0.29) is 29.8 Å². The maximum absolute atomic E-state index is 13.7. The molecule has 154 valence electrons. The highest BCUT2D eigenvalue weighted by Gasteiger charge is 2.29. The molecule has 1 atom stereocenters. The quantitative estimate of drug-likeness (QED) is 0.562. The molecule has 1 aliphatic heterocycles. The molecule has 2 aromatic rings. The van der Waals surface area contributed by atoms with Crippen LogP contribution in [-0.4, -0.2) is 39.8 Å². The highest BCUT2D eigenvalue weighted by Crippen LogP contribution is 2.24. The van der Waals surface area contributed by atoms with Crippen LogP contribution in [0.1, 0.15) is 22.3 Å². The van der Waals surface area contributed by atoms with E-state index in [0.717, 1.165) is 18.2 Å². The lowest BCUT2D eigenvalue weighted by atomic mass is 10.1. The predicted octanol–water partition coefficient (Wildman–Crippen LogP) is 3.07. The van der Waals surface area contributed by atoms with Gasteiger partial charge in [0.2, 0.25) is 0 Å². The Hall–Kier alpha value is -3.11. The zero-order chi connectivity index (χ0) is 20.3. The zero-order valence-corrected chi connectivity index (χ0v) is 15.9. The van der Waals surface area contributed by atoms with Gasteiger partial charge in [-0.05, 0) is 12.5 Å². The summed E-state index contributed by atoms with van der Waals surface area (Å²) < 4.78 is 13.7. The van der Waals surface area contributed by atoms with Crippen molar-refractivity contribution in [1.29, 1.82) is 0 Å². The molecule has 0 spiro atoms. The minimum absolute atomic E-state index is 0. The van der Waals surface area contributed by atoms with Crippen molar-refractivity contribution in [2.45, 2.75) is 19.0 Å². The maximum Gasteiger partial charge on any atom is 0.277 e. The van der Waals surface area contributed by atoms with Crippen molar-refractivity contribution < 1.29 is 19.0 Å². The van der Waals surface area contributed by atoms with E-state index in [1.165, 1.54) is 11.0 Å². The van der Waals surface area contributed by atoms with E-state index in [9.17, 15) is 29.4 Å². The molecule has 1 N–H and O–H groups in total. The highest BCUT2D eigenvalue weighted by molar-refractivity contribution is 5.95. The fourth-order valence-electron chi connectivity index (χ4n) is 3.12. The third-order valence-corrected chi connectivity index (χ3v) is 4.59. The van der Waals surface area contributed by atoms with E-state index in [0.29, 0.717) is 31.6 Å². The number of carbonyl (C=O) groups excluding carboxylic acids is 1. The summed E-state index contributed by atoms with van der Waals surface area (Å²) in [5, 5.41) is 25.2. The molecule has 9 nitrogen and oxygen atoms in total. The summed E-state index contributed by atoms with van der Waals surface area (Å²) in [5.74, 6) is -0.827. The number of likely N-dealkylation sites (tertiary alicyclic amines) is 1. The summed E-state index contributed by atoms with van der Waals surface area (Å²) in [6.45, 7) is 1.02. The first-order valence-electron chi connectivity index (χ1n) is 8.55. The van der Waals surface area contributed by atoms with Crippen LogP contribution in [0.5, 0.6) is 0 Å². The lowest BCUT2D eigenvalue weighted by molar-refractivity contribution is -0.394.